The normalized spacial score (nSPS) is 11.0. The lowest BCUT2D eigenvalue weighted by molar-refractivity contribution is 0.0996. The quantitative estimate of drug-likeness (QED) is 0.614. The van der Waals surface area contributed by atoms with E-state index in [4.69, 9.17) is 4.42 Å². The number of nitrogens with zero attached hydrogens (tertiary/aromatic N) is 2. The molecule has 0 saturated carbocycles. The SMILES string of the molecule is Cc1ccc2nc(-c3cccs3)c(NC(=O)c3ccco3)n2c1. The second-order valence-electron chi connectivity index (χ2n) is 5.15. The first-order valence-corrected chi connectivity index (χ1v) is 7.98. The molecule has 0 atom stereocenters. The number of furan rings is 1. The number of aryl methyl sites for hydroxylation is 1. The molecule has 4 aromatic rings. The summed E-state index contributed by atoms with van der Waals surface area (Å²) in [4.78, 5) is 18.0. The van der Waals surface area contributed by atoms with Crippen LogP contribution in [0.25, 0.3) is 16.2 Å². The highest BCUT2D eigenvalue weighted by Crippen LogP contribution is 2.32. The minimum Gasteiger partial charge on any atom is -0.459 e. The van der Waals surface area contributed by atoms with E-state index in [1.807, 2.05) is 47.2 Å². The number of hydrogen-bond donors (Lipinski definition) is 1. The van der Waals surface area contributed by atoms with E-state index < -0.39 is 0 Å². The minimum absolute atomic E-state index is 0.268. The molecule has 1 N–H and O–H groups in total. The summed E-state index contributed by atoms with van der Waals surface area (Å²) in [5.74, 6) is 0.619. The zero-order valence-electron chi connectivity index (χ0n) is 12.3. The Bertz CT molecular complexity index is 969. The van der Waals surface area contributed by atoms with Crippen molar-refractivity contribution in [1.29, 1.82) is 0 Å². The van der Waals surface area contributed by atoms with E-state index >= 15 is 0 Å². The highest BCUT2D eigenvalue weighted by molar-refractivity contribution is 7.13. The van der Waals surface area contributed by atoms with Crippen LogP contribution in [0.15, 0.2) is 58.7 Å². The summed E-state index contributed by atoms with van der Waals surface area (Å²) < 4.78 is 7.07. The lowest BCUT2D eigenvalue weighted by Crippen LogP contribution is -2.13. The van der Waals surface area contributed by atoms with Crippen molar-refractivity contribution in [3.8, 4) is 10.6 Å². The molecular formula is C17H13N3O2S. The number of imidazole rings is 1. The van der Waals surface area contributed by atoms with Gasteiger partial charge in [0.2, 0.25) is 0 Å². The van der Waals surface area contributed by atoms with Gasteiger partial charge in [0.15, 0.2) is 5.76 Å². The molecule has 5 nitrogen and oxygen atoms in total. The fraction of sp³-hybridized carbons (Fsp3) is 0.0588. The van der Waals surface area contributed by atoms with Crippen LogP contribution in [0.3, 0.4) is 0 Å². The van der Waals surface area contributed by atoms with Gasteiger partial charge in [0, 0.05) is 6.20 Å². The third-order valence-electron chi connectivity index (χ3n) is 3.50. The van der Waals surface area contributed by atoms with E-state index in [2.05, 4.69) is 10.3 Å². The maximum atomic E-state index is 12.4. The Morgan fingerprint density at radius 3 is 2.91 bits per heavy atom. The Morgan fingerprint density at radius 2 is 2.17 bits per heavy atom. The molecule has 4 rings (SSSR count). The zero-order chi connectivity index (χ0) is 15.8. The van der Waals surface area contributed by atoms with Gasteiger partial charge >= 0.3 is 0 Å². The highest BCUT2D eigenvalue weighted by atomic mass is 32.1. The minimum atomic E-state index is -0.295. The number of rotatable bonds is 3. The van der Waals surface area contributed by atoms with Crippen molar-refractivity contribution in [2.24, 2.45) is 0 Å². The molecular weight excluding hydrogens is 310 g/mol. The molecule has 0 radical (unpaired) electrons. The van der Waals surface area contributed by atoms with E-state index in [1.165, 1.54) is 6.26 Å². The Hall–Kier alpha value is -2.86. The Balaban J connectivity index is 1.87. The van der Waals surface area contributed by atoms with Crippen LogP contribution < -0.4 is 5.32 Å². The molecule has 114 valence electrons. The summed E-state index contributed by atoms with van der Waals surface area (Å²) in [5.41, 5.74) is 2.63. The molecule has 0 aliphatic heterocycles. The Kier molecular flexibility index (Phi) is 3.24. The van der Waals surface area contributed by atoms with E-state index in [0.717, 1.165) is 21.8 Å². The van der Waals surface area contributed by atoms with Crippen LogP contribution >= 0.6 is 11.3 Å². The smallest absolute Gasteiger partial charge is 0.292 e. The fourth-order valence-corrected chi connectivity index (χ4v) is 3.15. The summed E-state index contributed by atoms with van der Waals surface area (Å²) in [6.45, 7) is 2.00. The van der Waals surface area contributed by atoms with Crippen LogP contribution in [0.1, 0.15) is 16.1 Å². The van der Waals surface area contributed by atoms with Gasteiger partial charge in [-0.05, 0) is 42.1 Å². The van der Waals surface area contributed by atoms with Crippen molar-refractivity contribution in [3.63, 3.8) is 0 Å². The molecule has 0 unspecified atom stereocenters. The van der Waals surface area contributed by atoms with Crippen molar-refractivity contribution in [2.45, 2.75) is 6.92 Å². The van der Waals surface area contributed by atoms with Crippen molar-refractivity contribution in [3.05, 3.63) is 65.6 Å². The molecule has 23 heavy (non-hydrogen) atoms. The Labute approximate surface area is 136 Å². The van der Waals surface area contributed by atoms with E-state index in [9.17, 15) is 4.79 Å². The van der Waals surface area contributed by atoms with Gasteiger partial charge in [-0.3, -0.25) is 9.20 Å². The van der Waals surface area contributed by atoms with Gasteiger partial charge in [-0.1, -0.05) is 12.1 Å². The lowest BCUT2D eigenvalue weighted by atomic mass is 10.3. The molecule has 1 amide bonds. The maximum absolute atomic E-state index is 12.4. The fourth-order valence-electron chi connectivity index (χ4n) is 2.43. The number of nitrogens with one attached hydrogen (secondary N) is 1. The van der Waals surface area contributed by atoms with Gasteiger partial charge < -0.3 is 9.73 Å². The molecule has 0 saturated heterocycles. The summed E-state index contributed by atoms with van der Waals surface area (Å²) in [6, 6.07) is 11.2. The predicted molar refractivity (Wildman–Crippen MR) is 89.9 cm³/mol. The molecule has 6 heteroatoms. The van der Waals surface area contributed by atoms with Gasteiger partial charge in [0.05, 0.1) is 11.1 Å². The third kappa shape index (κ3) is 2.43. The molecule has 0 fully saturated rings. The van der Waals surface area contributed by atoms with Gasteiger partial charge in [0.25, 0.3) is 5.91 Å². The molecule has 4 heterocycles. The lowest BCUT2D eigenvalue weighted by Gasteiger charge is -2.06. The van der Waals surface area contributed by atoms with Crippen molar-refractivity contribution < 1.29 is 9.21 Å². The number of amides is 1. The largest absolute Gasteiger partial charge is 0.459 e. The van der Waals surface area contributed by atoms with E-state index in [0.29, 0.717) is 5.82 Å². The van der Waals surface area contributed by atoms with E-state index in [1.54, 1.807) is 23.5 Å². The molecule has 0 aliphatic carbocycles. The van der Waals surface area contributed by atoms with Crippen LogP contribution in [0.5, 0.6) is 0 Å². The van der Waals surface area contributed by atoms with Crippen LogP contribution in [0, 0.1) is 6.92 Å². The maximum Gasteiger partial charge on any atom is 0.292 e. The summed E-state index contributed by atoms with van der Waals surface area (Å²) in [5, 5.41) is 4.91. The van der Waals surface area contributed by atoms with Crippen LogP contribution in [0.4, 0.5) is 5.82 Å². The standard InChI is InChI=1S/C17H13N3O2S/c1-11-6-7-14-18-15(13-5-3-9-23-13)16(20(14)10-11)19-17(21)12-4-2-8-22-12/h2-10H,1H3,(H,19,21). The summed E-state index contributed by atoms with van der Waals surface area (Å²) in [6.07, 6.45) is 3.44. The van der Waals surface area contributed by atoms with Crippen LogP contribution in [-0.4, -0.2) is 15.3 Å². The first kappa shape index (κ1) is 13.8. The second-order valence-corrected chi connectivity index (χ2v) is 6.10. The molecule has 0 aliphatic rings. The number of fused-ring (bicyclic) bond motifs is 1. The number of aromatic nitrogens is 2. The topological polar surface area (TPSA) is 59.5 Å². The first-order chi connectivity index (χ1) is 11.2. The number of carbonyl (C=O) groups excluding carboxylic acids is 1. The Morgan fingerprint density at radius 1 is 1.26 bits per heavy atom. The number of thiophene rings is 1. The van der Waals surface area contributed by atoms with Crippen molar-refractivity contribution in [2.75, 3.05) is 5.32 Å². The van der Waals surface area contributed by atoms with Gasteiger partial charge in [-0.25, -0.2) is 4.98 Å². The number of carbonyl (C=O) groups is 1. The third-order valence-corrected chi connectivity index (χ3v) is 4.37. The average molecular weight is 323 g/mol. The van der Waals surface area contributed by atoms with Crippen LogP contribution in [0.2, 0.25) is 0 Å². The molecule has 0 bridgehead atoms. The van der Waals surface area contributed by atoms with Gasteiger partial charge in [-0.15, -0.1) is 11.3 Å². The monoisotopic (exact) mass is 323 g/mol. The predicted octanol–water partition coefficient (Wildman–Crippen LogP) is 4.22. The number of hydrogen-bond acceptors (Lipinski definition) is 4. The zero-order valence-corrected chi connectivity index (χ0v) is 13.1. The molecule has 0 aromatic carbocycles. The number of pyridine rings is 1. The van der Waals surface area contributed by atoms with Crippen LogP contribution in [-0.2, 0) is 0 Å². The summed E-state index contributed by atoms with van der Waals surface area (Å²) in [7, 11) is 0. The van der Waals surface area contributed by atoms with Gasteiger partial charge in [-0.2, -0.15) is 0 Å². The summed E-state index contributed by atoms with van der Waals surface area (Å²) >= 11 is 1.58. The number of anilines is 1. The van der Waals surface area contributed by atoms with Crippen molar-refractivity contribution in [1.82, 2.24) is 9.38 Å². The van der Waals surface area contributed by atoms with Crippen molar-refractivity contribution >= 4 is 28.7 Å². The highest BCUT2D eigenvalue weighted by Gasteiger charge is 2.19. The van der Waals surface area contributed by atoms with Gasteiger partial charge in [0.1, 0.15) is 17.2 Å². The average Bonchev–Trinajstić information content (AvgIpc) is 3.28. The molecule has 4 aromatic heterocycles. The van der Waals surface area contributed by atoms with E-state index in [-0.39, 0.29) is 11.7 Å². The second kappa shape index (κ2) is 5.40. The molecule has 0 spiro atoms. The first-order valence-electron chi connectivity index (χ1n) is 7.10.